The maximum atomic E-state index is 15.4. The molecule has 3 heterocycles. The Morgan fingerprint density at radius 1 is 0.909 bits per heavy atom. The molecule has 4 aromatic carbocycles. The molecule has 0 unspecified atom stereocenters. The van der Waals surface area contributed by atoms with Crippen LogP contribution in [0.2, 0.25) is 0 Å². The molecule has 1 aliphatic rings. The Balaban J connectivity index is 0.828. The van der Waals surface area contributed by atoms with Gasteiger partial charge in [0.2, 0.25) is 0 Å². The maximum absolute atomic E-state index is 15.4. The number of nitrogens with zero attached hydrogens (tertiary/aromatic N) is 6. The number of sulfone groups is 1. The summed E-state index contributed by atoms with van der Waals surface area (Å²) in [4.78, 5) is 42.2. The zero-order chi connectivity index (χ0) is 47.3. The molecule has 1 aliphatic heterocycles. The smallest absolute Gasteiger partial charge is 0.259 e. The molecule has 3 N–H and O–H groups in total. The topological polar surface area (TPSA) is 169 Å². The number of thiocarbonyl (C=S) groups is 1. The SMILES string of the molecule is [C-]#[N+]c1ccc(N2C(=O)C(C)(C)N(c3ccc(C(=O)NCCCCCCCCc4ccc(-c5cc(-c6nc(-c7ccc(S(=O)(=O)C(C)C)cc7)cnc6N)on5)cc4)c(F)c3)C2=S)cc1C. The van der Waals surface area contributed by atoms with E-state index in [2.05, 4.69) is 37.4 Å². The first-order valence-corrected chi connectivity index (χ1v) is 23.7. The highest BCUT2D eigenvalue weighted by Crippen LogP contribution is 2.38. The number of benzene rings is 4. The van der Waals surface area contributed by atoms with Gasteiger partial charge >= 0.3 is 0 Å². The second-order valence-corrected chi connectivity index (χ2v) is 19.9. The number of nitrogens with two attached hydrogens (primary N) is 1. The number of rotatable bonds is 17. The summed E-state index contributed by atoms with van der Waals surface area (Å²) in [6.45, 7) is 16.3. The summed E-state index contributed by atoms with van der Waals surface area (Å²) in [5, 5.41) is 6.73. The Morgan fingerprint density at radius 3 is 2.23 bits per heavy atom. The zero-order valence-corrected chi connectivity index (χ0v) is 39.1. The molecule has 6 aromatic rings. The van der Waals surface area contributed by atoms with Gasteiger partial charge in [-0.15, -0.1) is 0 Å². The van der Waals surface area contributed by atoms with E-state index >= 15 is 4.39 Å². The van der Waals surface area contributed by atoms with Crippen molar-refractivity contribution in [3.63, 3.8) is 0 Å². The van der Waals surface area contributed by atoms with Crippen molar-refractivity contribution in [2.45, 2.75) is 95.2 Å². The summed E-state index contributed by atoms with van der Waals surface area (Å²) in [6, 6.07) is 25.8. The lowest BCUT2D eigenvalue weighted by Gasteiger charge is -2.29. The van der Waals surface area contributed by atoms with Crippen LogP contribution in [0.1, 0.15) is 87.7 Å². The average molecular weight is 927 g/mol. The Labute approximate surface area is 390 Å². The van der Waals surface area contributed by atoms with E-state index in [0.29, 0.717) is 57.6 Å². The number of anilines is 3. The lowest BCUT2D eigenvalue weighted by atomic mass is 10.0. The summed E-state index contributed by atoms with van der Waals surface area (Å²) in [5.74, 6) is -0.959. The molecule has 16 heteroatoms. The second kappa shape index (κ2) is 19.7. The highest BCUT2D eigenvalue weighted by atomic mass is 32.2. The van der Waals surface area contributed by atoms with E-state index in [4.69, 9.17) is 29.0 Å². The predicted octanol–water partition coefficient (Wildman–Crippen LogP) is 10.5. The third-order valence-corrected chi connectivity index (χ3v) is 14.3. The normalized spacial score (nSPS) is 13.7. The molecule has 2 amide bonds. The van der Waals surface area contributed by atoms with Crippen molar-refractivity contribution in [3.05, 3.63) is 131 Å². The van der Waals surface area contributed by atoms with Gasteiger partial charge in [-0.3, -0.25) is 14.5 Å². The van der Waals surface area contributed by atoms with E-state index in [0.717, 1.165) is 50.5 Å². The molecule has 0 radical (unpaired) electrons. The number of aromatic nitrogens is 3. The van der Waals surface area contributed by atoms with Crippen molar-refractivity contribution < 1.29 is 26.9 Å². The fourth-order valence-corrected chi connectivity index (χ4v) is 9.40. The molecule has 1 fully saturated rings. The van der Waals surface area contributed by atoms with E-state index < -0.39 is 32.4 Å². The first kappa shape index (κ1) is 47.1. The van der Waals surface area contributed by atoms with E-state index in [1.807, 2.05) is 12.1 Å². The third kappa shape index (κ3) is 9.87. The van der Waals surface area contributed by atoms with Crippen LogP contribution in [0.3, 0.4) is 0 Å². The van der Waals surface area contributed by atoms with Crippen LogP contribution in [0.5, 0.6) is 0 Å². The minimum atomic E-state index is -3.40. The number of aryl methyl sites for hydroxylation is 2. The highest BCUT2D eigenvalue weighted by molar-refractivity contribution is 7.92. The number of amides is 2. The minimum absolute atomic E-state index is 0.0839. The number of hydrogen-bond donors (Lipinski definition) is 2. The monoisotopic (exact) mass is 926 g/mol. The first-order valence-electron chi connectivity index (χ1n) is 21.8. The minimum Gasteiger partial charge on any atom is -0.382 e. The van der Waals surface area contributed by atoms with Crippen LogP contribution < -0.4 is 20.9 Å². The van der Waals surface area contributed by atoms with Gasteiger partial charge in [-0.1, -0.05) is 73.3 Å². The quantitative estimate of drug-likeness (QED) is 0.0507. The number of nitrogens with one attached hydrogen (secondary N) is 1. The number of halogens is 1. The summed E-state index contributed by atoms with van der Waals surface area (Å²) < 4.78 is 46.2. The third-order valence-electron chi connectivity index (χ3n) is 11.8. The number of carbonyl (C=O) groups excluding carboxylic acids is 2. The molecular formula is C50H51FN8O5S2. The van der Waals surface area contributed by atoms with Gasteiger partial charge in [-0.25, -0.2) is 27.6 Å². The number of unbranched alkanes of at least 4 members (excludes halogenated alkanes) is 5. The van der Waals surface area contributed by atoms with Gasteiger partial charge < -0.3 is 20.5 Å². The molecule has 1 saturated heterocycles. The van der Waals surface area contributed by atoms with Crippen LogP contribution in [0.25, 0.3) is 38.8 Å². The van der Waals surface area contributed by atoms with Crippen LogP contribution >= 0.6 is 12.2 Å². The van der Waals surface area contributed by atoms with Crippen LogP contribution in [-0.4, -0.2) is 57.8 Å². The van der Waals surface area contributed by atoms with Crippen molar-refractivity contribution in [3.8, 4) is 34.0 Å². The Kier molecular flexibility index (Phi) is 14.1. The Bertz CT molecular complexity index is 2950. The number of nitrogen functional groups attached to an aromatic ring is 1. The number of hydrogen-bond acceptors (Lipinski definition) is 10. The molecule has 13 nitrogen and oxygen atoms in total. The molecule has 66 heavy (non-hydrogen) atoms. The van der Waals surface area contributed by atoms with Gasteiger partial charge in [-0.05, 0) is 120 Å². The maximum Gasteiger partial charge on any atom is 0.259 e. The molecule has 0 atom stereocenters. The van der Waals surface area contributed by atoms with Gasteiger partial charge in [0.15, 0.2) is 37.9 Å². The molecule has 340 valence electrons. The van der Waals surface area contributed by atoms with Crippen LogP contribution in [0.15, 0.2) is 107 Å². The van der Waals surface area contributed by atoms with Gasteiger partial charge in [0.1, 0.15) is 17.1 Å². The largest absolute Gasteiger partial charge is 0.382 e. The number of carbonyl (C=O) groups is 2. The van der Waals surface area contributed by atoms with E-state index in [-0.39, 0.29) is 27.3 Å². The molecule has 0 bridgehead atoms. The lowest BCUT2D eigenvalue weighted by Crippen LogP contribution is -2.44. The predicted molar refractivity (Wildman–Crippen MR) is 259 cm³/mol. The van der Waals surface area contributed by atoms with Gasteiger partial charge in [-0.2, -0.15) is 0 Å². The summed E-state index contributed by atoms with van der Waals surface area (Å²) >= 11 is 5.73. The molecule has 0 aliphatic carbocycles. The Hall–Kier alpha value is -6.83. The van der Waals surface area contributed by atoms with Crippen molar-refractivity contribution in [1.82, 2.24) is 20.4 Å². The average Bonchev–Trinajstić information content (AvgIpc) is 3.85. The fourth-order valence-electron chi connectivity index (χ4n) is 7.82. The summed E-state index contributed by atoms with van der Waals surface area (Å²) in [7, 11) is -3.40. The fraction of sp³-hybridized carbons (Fsp3) is 0.300. The lowest BCUT2D eigenvalue weighted by molar-refractivity contribution is -0.120. The molecule has 2 aromatic heterocycles. The Morgan fingerprint density at radius 2 is 1.56 bits per heavy atom. The molecule has 0 spiro atoms. The molecule has 7 rings (SSSR count). The van der Waals surface area contributed by atoms with Gasteiger partial charge in [0.25, 0.3) is 11.8 Å². The standard InChI is InChI=1S/C50H51FN8O5S2/c1-31(2)66(62,63)38-22-18-35(19-23-38)43-30-55-46(52)45(56-43)44-29-42(57-64-44)34-16-14-33(15-17-34)13-11-9-7-8-10-12-26-54-47(60)39-24-20-37(28-40(39)51)59-49(65)58(48(61)50(59,4)5)36-21-25-41(53-6)32(3)27-36/h14-25,27-31H,7-13,26H2,1-5H3,(H2,52,55)(H,54,60). The van der Waals surface area contributed by atoms with Crippen molar-refractivity contribution in [2.24, 2.45) is 0 Å². The van der Waals surface area contributed by atoms with Crippen molar-refractivity contribution in [2.75, 3.05) is 22.1 Å². The zero-order valence-electron chi connectivity index (χ0n) is 37.5. The van der Waals surface area contributed by atoms with E-state index in [9.17, 15) is 18.0 Å². The second-order valence-electron chi connectivity index (χ2n) is 17.1. The van der Waals surface area contributed by atoms with E-state index in [1.54, 1.807) is 94.1 Å². The summed E-state index contributed by atoms with van der Waals surface area (Å²) in [6.07, 6.45) is 8.34. The first-order chi connectivity index (χ1) is 31.5. The van der Waals surface area contributed by atoms with Crippen LogP contribution in [0.4, 0.5) is 27.3 Å². The van der Waals surface area contributed by atoms with Crippen LogP contribution in [-0.2, 0) is 21.1 Å². The van der Waals surface area contributed by atoms with Crippen molar-refractivity contribution in [1.29, 1.82) is 0 Å². The van der Waals surface area contributed by atoms with Gasteiger partial charge in [0.05, 0.1) is 34.2 Å². The van der Waals surface area contributed by atoms with Crippen molar-refractivity contribution >= 4 is 61.9 Å². The van der Waals surface area contributed by atoms with Gasteiger partial charge in [0, 0.05) is 35.1 Å². The van der Waals surface area contributed by atoms with E-state index in [1.165, 1.54) is 28.8 Å². The molecular weight excluding hydrogens is 876 g/mol. The highest BCUT2D eigenvalue weighted by Gasteiger charge is 2.50. The van der Waals surface area contributed by atoms with Crippen LogP contribution in [0, 0.1) is 19.3 Å². The molecule has 0 saturated carbocycles. The summed E-state index contributed by atoms with van der Waals surface area (Å²) in [5.41, 5.74) is 11.3.